The number of sulfonamides is 1. The number of carbonyl (C=O) groups is 1. The first kappa shape index (κ1) is 20.4. The molecule has 1 N–H and O–H groups in total. The van der Waals surface area contributed by atoms with Crippen LogP contribution >= 0.6 is 11.8 Å². The van der Waals surface area contributed by atoms with Gasteiger partial charge in [0.25, 0.3) is 0 Å². The van der Waals surface area contributed by atoms with Gasteiger partial charge in [0.15, 0.2) is 0 Å². The summed E-state index contributed by atoms with van der Waals surface area (Å²) in [5.41, 5.74) is 1.82. The summed E-state index contributed by atoms with van der Waals surface area (Å²) in [5, 5.41) is 3.01. The Bertz CT molecular complexity index is 987. The van der Waals surface area contributed by atoms with Gasteiger partial charge in [-0.2, -0.15) is 4.31 Å². The van der Waals surface area contributed by atoms with Gasteiger partial charge in [-0.05, 0) is 23.8 Å². The molecule has 0 aromatic heterocycles. The molecule has 1 amide bonds. The Hall–Kier alpha value is -1.87. The maximum absolute atomic E-state index is 13.2. The van der Waals surface area contributed by atoms with Crippen molar-refractivity contribution in [3.63, 3.8) is 0 Å². The van der Waals surface area contributed by atoms with Crippen molar-refractivity contribution < 1.29 is 13.2 Å². The molecule has 2 aromatic rings. The molecule has 2 aliphatic heterocycles. The summed E-state index contributed by atoms with van der Waals surface area (Å²) in [6, 6.07) is 15.3. The molecule has 6 nitrogen and oxygen atoms in total. The zero-order valence-corrected chi connectivity index (χ0v) is 18.0. The number of carbonyl (C=O) groups excluding carboxylic acids is 1. The topological polar surface area (TPSA) is 69.7 Å². The second kappa shape index (κ2) is 8.47. The maximum Gasteiger partial charge on any atom is 0.243 e. The van der Waals surface area contributed by atoms with Gasteiger partial charge in [0, 0.05) is 49.3 Å². The third-order valence-corrected chi connectivity index (χ3v) is 8.32. The molecule has 0 bridgehead atoms. The Morgan fingerprint density at radius 3 is 2.52 bits per heavy atom. The number of anilines is 1. The highest BCUT2D eigenvalue weighted by Crippen LogP contribution is 2.36. The van der Waals surface area contributed by atoms with Crippen molar-refractivity contribution in [3.05, 3.63) is 54.1 Å². The van der Waals surface area contributed by atoms with E-state index in [1.165, 1.54) is 5.56 Å². The van der Waals surface area contributed by atoms with Crippen LogP contribution in [0.1, 0.15) is 18.9 Å². The van der Waals surface area contributed by atoms with Crippen molar-refractivity contribution in [2.75, 3.05) is 31.5 Å². The molecule has 0 radical (unpaired) electrons. The van der Waals surface area contributed by atoms with Gasteiger partial charge < -0.3 is 5.32 Å². The molecule has 0 aliphatic carbocycles. The maximum atomic E-state index is 13.2. The van der Waals surface area contributed by atoms with E-state index in [1.54, 1.807) is 34.3 Å². The first-order valence-corrected chi connectivity index (χ1v) is 12.1. The summed E-state index contributed by atoms with van der Waals surface area (Å²) in [4.78, 5) is 15.4. The van der Waals surface area contributed by atoms with Gasteiger partial charge in [0.05, 0.1) is 10.6 Å². The van der Waals surface area contributed by atoms with Crippen LogP contribution in [0.15, 0.2) is 58.3 Å². The van der Waals surface area contributed by atoms with E-state index in [-0.39, 0.29) is 16.1 Å². The van der Waals surface area contributed by atoms with E-state index < -0.39 is 10.0 Å². The molecule has 1 atom stereocenters. The lowest BCUT2D eigenvalue weighted by molar-refractivity contribution is -0.116. The smallest absolute Gasteiger partial charge is 0.243 e. The van der Waals surface area contributed by atoms with Crippen molar-refractivity contribution >= 4 is 33.4 Å². The third kappa shape index (κ3) is 4.66. The fraction of sp³-hybridized carbons (Fsp3) is 0.381. The Balaban J connectivity index is 1.46. The number of hydrogen-bond acceptors (Lipinski definition) is 5. The van der Waals surface area contributed by atoms with Crippen LogP contribution in [0.5, 0.6) is 0 Å². The van der Waals surface area contributed by atoms with Crippen molar-refractivity contribution in [1.82, 2.24) is 9.21 Å². The first-order chi connectivity index (χ1) is 13.9. The molecule has 1 saturated heterocycles. The summed E-state index contributed by atoms with van der Waals surface area (Å²) in [5.74, 6) is -0.0761. The van der Waals surface area contributed by atoms with E-state index in [9.17, 15) is 13.2 Å². The summed E-state index contributed by atoms with van der Waals surface area (Å²) >= 11 is 1.59. The van der Waals surface area contributed by atoms with Crippen LogP contribution in [0.2, 0.25) is 0 Å². The molecule has 1 fully saturated rings. The number of hydrogen-bond donors (Lipinski definition) is 1. The molecular weight excluding hydrogens is 406 g/mol. The van der Waals surface area contributed by atoms with Crippen molar-refractivity contribution in [2.24, 2.45) is 0 Å². The van der Waals surface area contributed by atoms with Gasteiger partial charge >= 0.3 is 0 Å². The summed E-state index contributed by atoms with van der Waals surface area (Å²) in [6.07, 6.45) is 0.421. The summed E-state index contributed by atoms with van der Waals surface area (Å²) in [6.45, 7) is 5.15. The minimum atomic E-state index is -3.59. The van der Waals surface area contributed by atoms with Gasteiger partial charge in [0.1, 0.15) is 0 Å². The number of piperazine rings is 1. The van der Waals surface area contributed by atoms with E-state index in [4.69, 9.17) is 0 Å². The normalized spacial score (nSPS) is 21.3. The van der Waals surface area contributed by atoms with Crippen LogP contribution in [0, 0.1) is 0 Å². The quantitative estimate of drug-likeness (QED) is 0.806. The number of amides is 1. The fourth-order valence-corrected chi connectivity index (χ4v) is 6.21. The Morgan fingerprint density at radius 1 is 1.07 bits per heavy atom. The number of benzene rings is 2. The summed E-state index contributed by atoms with van der Waals surface area (Å²) in [7, 11) is -3.59. The Labute approximate surface area is 176 Å². The van der Waals surface area contributed by atoms with E-state index >= 15 is 0 Å². The SMILES string of the molecule is C[C@@H]1CC(=O)Nc2cc(S(=O)(=O)N3CCN(Cc4ccccc4)CC3)ccc2S1. The molecule has 2 heterocycles. The number of thioether (sulfide) groups is 1. The number of nitrogens with zero attached hydrogens (tertiary/aromatic N) is 2. The molecule has 0 spiro atoms. The second-order valence-corrected chi connectivity index (χ2v) is 10.9. The van der Waals surface area contributed by atoms with Crippen LogP contribution in [0.4, 0.5) is 5.69 Å². The first-order valence-electron chi connectivity index (χ1n) is 9.79. The lowest BCUT2D eigenvalue weighted by atomic mass is 10.2. The Morgan fingerprint density at radius 2 is 1.79 bits per heavy atom. The van der Waals surface area contributed by atoms with E-state index in [0.29, 0.717) is 38.3 Å². The second-order valence-electron chi connectivity index (χ2n) is 7.50. The lowest BCUT2D eigenvalue weighted by Gasteiger charge is -2.34. The molecule has 2 aromatic carbocycles. The zero-order valence-electron chi connectivity index (χ0n) is 16.4. The molecule has 2 aliphatic rings. The highest BCUT2D eigenvalue weighted by atomic mass is 32.2. The predicted molar refractivity (Wildman–Crippen MR) is 115 cm³/mol. The fourth-order valence-electron chi connectivity index (χ4n) is 3.71. The molecule has 154 valence electrons. The van der Waals surface area contributed by atoms with Gasteiger partial charge in [-0.25, -0.2) is 8.42 Å². The lowest BCUT2D eigenvalue weighted by Crippen LogP contribution is -2.48. The van der Waals surface area contributed by atoms with E-state index in [0.717, 1.165) is 11.4 Å². The average molecular weight is 432 g/mol. The average Bonchev–Trinajstić information content (AvgIpc) is 2.84. The van der Waals surface area contributed by atoms with E-state index in [2.05, 4.69) is 22.3 Å². The molecule has 0 unspecified atom stereocenters. The largest absolute Gasteiger partial charge is 0.325 e. The Kier molecular flexibility index (Phi) is 5.96. The van der Waals surface area contributed by atoms with Gasteiger partial charge in [0.2, 0.25) is 15.9 Å². The minimum absolute atomic E-state index is 0.0761. The van der Waals surface area contributed by atoms with Crippen LogP contribution in [0.3, 0.4) is 0 Å². The standard InChI is InChI=1S/C21H25N3O3S2/c1-16-13-21(25)22-19-14-18(7-8-20(19)28-16)29(26,27)24-11-9-23(10-12-24)15-17-5-3-2-4-6-17/h2-8,14,16H,9-13,15H2,1H3,(H,22,25)/t16-/m1/s1. The van der Waals surface area contributed by atoms with Gasteiger partial charge in [-0.1, -0.05) is 37.3 Å². The predicted octanol–water partition coefficient (Wildman–Crippen LogP) is 3.02. The van der Waals surface area contributed by atoms with Crippen molar-refractivity contribution in [1.29, 1.82) is 0 Å². The highest BCUT2D eigenvalue weighted by Gasteiger charge is 2.30. The third-order valence-electron chi connectivity index (χ3n) is 5.24. The monoisotopic (exact) mass is 431 g/mol. The van der Waals surface area contributed by atoms with Crippen LogP contribution in [0.25, 0.3) is 0 Å². The van der Waals surface area contributed by atoms with Crippen LogP contribution in [-0.4, -0.2) is 55.0 Å². The van der Waals surface area contributed by atoms with Crippen LogP contribution < -0.4 is 5.32 Å². The molecule has 8 heteroatoms. The summed E-state index contributed by atoms with van der Waals surface area (Å²) < 4.78 is 27.9. The number of rotatable bonds is 4. The van der Waals surface area contributed by atoms with Gasteiger partial charge in [-0.15, -0.1) is 11.8 Å². The molecular formula is C21H25N3O3S2. The van der Waals surface area contributed by atoms with E-state index in [1.807, 2.05) is 25.1 Å². The number of nitrogens with one attached hydrogen (secondary N) is 1. The molecule has 4 rings (SSSR count). The molecule has 0 saturated carbocycles. The minimum Gasteiger partial charge on any atom is -0.325 e. The zero-order chi connectivity index (χ0) is 20.4. The highest BCUT2D eigenvalue weighted by molar-refractivity contribution is 8.00. The molecule has 29 heavy (non-hydrogen) atoms. The van der Waals surface area contributed by atoms with Crippen molar-refractivity contribution in [2.45, 2.75) is 34.9 Å². The van der Waals surface area contributed by atoms with Crippen molar-refractivity contribution in [3.8, 4) is 0 Å². The van der Waals surface area contributed by atoms with Crippen LogP contribution in [-0.2, 0) is 21.4 Å². The number of fused-ring (bicyclic) bond motifs is 1. The van der Waals surface area contributed by atoms with Gasteiger partial charge in [-0.3, -0.25) is 9.69 Å².